The highest BCUT2D eigenvalue weighted by atomic mass is 35.5. The van der Waals surface area contributed by atoms with Crippen LogP contribution in [0, 0.1) is 13.8 Å². The number of rotatable bonds is 7. The second kappa shape index (κ2) is 11.8. The van der Waals surface area contributed by atoms with E-state index in [1.54, 1.807) is 6.08 Å². The molecule has 1 nitrogen and oxygen atoms in total. The van der Waals surface area contributed by atoms with E-state index >= 15 is 0 Å². The van der Waals surface area contributed by atoms with E-state index in [1.807, 2.05) is 0 Å². The van der Waals surface area contributed by atoms with Gasteiger partial charge < -0.3 is 4.74 Å². The Hall–Kier alpha value is -3.85. The van der Waals surface area contributed by atoms with Crippen molar-refractivity contribution in [3.8, 4) is 39.1 Å². The molecular weight excluding hydrogens is 584 g/mol. The lowest BCUT2D eigenvalue weighted by Crippen LogP contribution is -2.49. The van der Waals surface area contributed by atoms with Crippen LogP contribution in [0.25, 0.3) is 33.4 Å². The fourth-order valence-corrected chi connectivity index (χ4v) is 11.0. The average Bonchev–Trinajstić information content (AvgIpc) is 3.33. The van der Waals surface area contributed by atoms with E-state index < -0.39 is 8.07 Å². The summed E-state index contributed by atoms with van der Waals surface area (Å²) < 4.78 is 6.40. The third kappa shape index (κ3) is 5.82. The van der Waals surface area contributed by atoms with Gasteiger partial charge in [0.2, 0.25) is 0 Å². The van der Waals surface area contributed by atoms with E-state index in [0.717, 1.165) is 5.75 Å². The Morgan fingerprint density at radius 2 is 1.24 bits per heavy atom. The number of benzene rings is 5. The molecule has 1 aliphatic carbocycles. The van der Waals surface area contributed by atoms with Crippen molar-refractivity contribution in [2.75, 3.05) is 6.61 Å². The largest absolute Gasteiger partial charge is 0.488 e. The van der Waals surface area contributed by atoms with E-state index in [4.69, 9.17) is 16.3 Å². The molecule has 0 aliphatic heterocycles. The lowest BCUT2D eigenvalue weighted by atomic mass is 9.87. The summed E-state index contributed by atoms with van der Waals surface area (Å²) in [5, 5.41) is 1.94. The molecule has 1 aliphatic rings. The van der Waals surface area contributed by atoms with Crippen molar-refractivity contribution < 1.29 is 4.74 Å². The highest BCUT2D eigenvalue weighted by molar-refractivity contribution is 6.92. The van der Waals surface area contributed by atoms with Crippen molar-refractivity contribution in [2.45, 2.75) is 58.7 Å². The molecule has 0 heterocycles. The molecule has 0 saturated heterocycles. The zero-order valence-electron chi connectivity index (χ0n) is 27.6. The predicted octanol–water partition coefficient (Wildman–Crippen LogP) is 11.4. The van der Waals surface area contributed by atoms with Gasteiger partial charge in [-0.3, -0.25) is 0 Å². The highest BCUT2D eigenvalue weighted by Gasteiger charge is 2.44. The van der Waals surface area contributed by atoms with Gasteiger partial charge in [-0.2, -0.15) is 0 Å². The molecule has 5 aromatic rings. The van der Waals surface area contributed by atoms with Crippen LogP contribution >= 0.6 is 11.6 Å². The molecule has 45 heavy (non-hydrogen) atoms. The zero-order chi connectivity index (χ0) is 32.1. The van der Waals surface area contributed by atoms with E-state index in [0.29, 0.717) is 11.6 Å². The first-order chi connectivity index (χ1) is 21.4. The number of fused-ring (bicyclic) bond motifs is 3. The molecule has 0 amide bonds. The molecule has 0 unspecified atom stereocenters. The Labute approximate surface area is 275 Å². The van der Waals surface area contributed by atoms with Crippen LogP contribution in [-0.4, -0.2) is 14.7 Å². The second-order valence-electron chi connectivity index (χ2n) is 14.2. The molecule has 3 heteroatoms. The van der Waals surface area contributed by atoms with Gasteiger partial charge in [0, 0.05) is 5.54 Å². The smallest absolute Gasteiger partial charge is 0.137 e. The van der Waals surface area contributed by atoms with Crippen LogP contribution in [-0.2, 0) is 5.41 Å². The molecule has 0 spiro atoms. The molecule has 6 rings (SSSR count). The van der Waals surface area contributed by atoms with Crippen LogP contribution in [0.15, 0.2) is 110 Å². The zero-order valence-corrected chi connectivity index (χ0v) is 29.3. The predicted molar refractivity (Wildman–Crippen MR) is 197 cm³/mol. The number of aryl methyl sites for hydroxylation is 2. The summed E-state index contributed by atoms with van der Waals surface area (Å²) in [6, 6.07) is 36.3. The van der Waals surface area contributed by atoms with Crippen LogP contribution < -0.4 is 9.92 Å². The maximum atomic E-state index is 7.09. The summed E-state index contributed by atoms with van der Waals surface area (Å²) in [5.74, 6) is 0.806. The molecule has 0 bridgehead atoms. The SMILES string of the molecule is C=CCOc1c(Cl)cc(C(C)(C)C)cc1[Si](C)(C)C1c2cc(-c3cccc(C)c3)ccc2-c2ccc(-c3cccc(C)c3)cc21. The minimum absolute atomic E-state index is 0.0536. The standard InChI is InChI=1S/C42H43ClOSi/c1-9-20-44-40-38(43)25-33(42(4,5)6)26-39(40)45(7,8)41-36-23-31(29-14-10-12-27(2)21-29)16-18-34(36)35-19-17-32(24-37(35)41)30-15-11-13-28(3)22-30/h9-19,21-26,41H,1,20H2,2-8H3. The second-order valence-corrected chi connectivity index (χ2v) is 19.1. The Bertz CT molecular complexity index is 1830. The van der Waals surface area contributed by atoms with Crippen molar-refractivity contribution >= 4 is 24.9 Å². The highest BCUT2D eigenvalue weighted by Crippen LogP contribution is 2.52. The van der Waals surface area contributed by atoms with Crippen molar-refractivity contribution in [2.24, 2.45) is 0 Å². The van der Waals surface area contributed by atoms with Crippen molar-refractivity contribution in [3.63, 3.8) is 0 Å². The van der Waals surface area contributed by atoms with Gasteiger partial charge in [-0.15, -0.1) is 0 Å². The number of ether oxygens (including phenoxy) is 1. The molecule has 0 atom stereocenters. The first-order valence-corrected chi connectivity index (χ1v) is 19.3. The van der Waals surface area contributed by atoms with Gasteiger partial charge >= 0.3 is 0 Å². The van der Waals surface area contributed by atoms with Gasteiger partial charge in [-0.05, 0) is 80.6 Å². The molecule has 5 aromatic carbocycles. The first kappa shape index (κ1) is 31.1. The third-order valence-electron chi connectivity index (χ3n) is 9.39. The monoisotopic (exact) mass is 626 g/mol. The van der Waals surface area contributed by atoms with Crippen LogP contribution in [0.4, 0.5) is 0 Å². The van der Waals surface area contributed by atoms with Crippen LogP contribution in [0.1, 0.15) is 54.1 Å². The number of hydrogen-bond donors (Lipinski definition) is 0. The molecule has 0 N–H and O–H groups in total. The quantitative estimate of drug-likeness (QED) is 0.129. The molecule has 228 valence electrons. The fourth-order valence-electron chi connectivity index (χ4n) is 7.00. The summed E-state index contributed by atoms with van der Waals surface area (Å²) in [4.78, 5) is 0. The van der Waals surface area contributed by atoms with Crippen LogP contribution in [0.2, 0.25) is 18.1 Å². The minimum atomic E-state index is -2.40. The van der Waals surface area contributed by atoms with Crippen molar-refractivity contribution in [3.05, 3.63) is 143 Å². The first-order valence-electron chi connectivity index (χ1n) is 15.9. The number of hydrogen-bond acceptors (Lipinski definition) is 1. The van der Waals surface area contributed by atoms with Gasteiger partial charge in [-0.1, -0.05) is 160 Å². The van der Waals surface area contributed by atoms with Gasteiger partial charge in [0.25, 0.3) is 0 Å². The van der Waals surface area contributed by atoms with Crippen molar-refractivity contribution in [1.29, 1.82) is 0 Å². The number of halogens is 1. The molecule has 0 fully saturated rings. The normalized spacial score (nSPS) is 13.0. The fraction of sp³-hybridized carbons (Fsp3) is 0.238. The molecule has 0 aromatic heterocycles. The Balaban J connectivity index is 1.61. The van der Waals surface area contributed by atoms with Gasteiger partial charge in [-0.25, -0.2) is 0 Å². The van der Waals surface area contributed by atoms with E-state index in [1.165, 1.54) is 66.4 Å². The summed E-state index contributed by atoms with van der Waals surface area (Å²) in [6.45, 7) is 20.4. The van der Waals surface area contributed by atoms with Crippen LogP contribution in [0.5, 0.6) is 5.75 Å². The average molecular weight is 627 g/mol. The molecular formula is C42H43ClOSi. The summed E-state index contributed by atoms with van der Waals surface area (Å²) >= 11 is 7.09. The van der Waals surface area contributed by atoms with E-state index in [9.17, 15) is 0 Å². The Morgan fingerprint density at radius 1 is 0.733 bits per heavy atom. The van der Waals surface area contributed by atoms with E-state index in [2.05, 4.69) is 151 Å². The van der Waals surface area contributed by atoms with Gasteiger partial charge in [0.1, 0.15) is 12.4 Å². The lowest BCUT2D eigenvalue weighted by molar-refractivity contribution is 0.366. The third-order valence-corrected chi connectivity index (χ3v) is 13.5. The Morgan fingerprint density at radius 3 is 1.71 bits per heavy atom. The summed E-state index contributed by atoms with van der Waals surface area (Å²) in [7, 11) is -2.40. The molecule has 0 saturated carbocycles. The topological polar surface area (TPSA) is 9.23 Å². The maximum Gasteiger partial charge on any atom is 0.137 e. The Kier molecular flexibility index (Phi) is 8.18. The van der Waals surface area contributed by atoms with Crippen LogP contribution in [0.3, 0.4) is 0 Å². The summed E-state index contributed by atoms with van der Waals surface area (Å²) in [5.41, 5.74) is 14.4. The van der Waals surface area contributed by atoms with Crippen molar-refractivity contribution in [1.82, 2.24) is 0 Å². The summed E-state index contributed by atoms with van der Waals surface area (Å²) in [6.07, 6.45) is 1.80. The van der Waals surface area contributed by atoms with Gasteiger partial charge in [0.15, 0.2) is 0 Å². The maximum absolute atomic E-state index is 7.09. The molecule has 0 radical (unpaired) electrons. The minimum Gasteiger partial charge on any atom is -0.488 e. The van der Waals surface area contributed by atoms with E-state index in [-0.39, 0.29) is 11.0 Å². The lowest BCUT2D eigenvalue weighted by Gasteiger charge is -2.35. The van der Waals surface area contributed by atoms with Gasteiger partial charge in [0.05, 0.1) is 13.1 Å².